The third-order valence-electron chi connectivity index (χ3n) is 3.70. The van der Waals surface area contributed by atoms with Gasteiger partial charge in [-0.15, -0.1) is 0 Å². The summed E-state index contributed by atoms with van der Waals surface area (Å²) in [5.41, 5.74) is 0. The van der Waals surface area contributed by atoms with Crippen molar-refractivity contribution in [3.63, 3.8) is 0 Å². The van der Waals surface area contributed by atoms with Crippen LogP contribution in [0, 0.1) is 0 Å². The second kappa shape index (κ2) is 9.39. The predicted octanol–water partition coefficient (Wildman–Crippen LogP) is -0.0192. The summed E-state index contributed by atoms with van der Waals surface area (Å²) in [6, 6.07) is 0. The molecule has 1 heterocycles. The fraction of sp³-hybridized carbons (Fsp3) is 0.929. The number of methoxy groups -OCH3 is 5. The van der Waals surface area contributed by atoms with E-state index in [4.69, 9.17) is 33.2 Å². The van der Waals surface area contributed by atoms with Gasteiger partial charge in [0.25, 0.3) is 0 Å². The van der Waals surface area contributed by atoms with E-state index in [1.165, 1.54) is 21.1 Å². The van der Waals surface area contributed by atoms with Crippen molar-refractivity contribution < 1.29 is 38.0 Å². The average Bonchev–Trinajstić information content (AvgIpc) is 2.53. The molecule has 1 rings (SSSR count). The van der Waals surface area contributed by atoms with Gasteiger partial charge in [0.1, 0.15) is 37.1 Å². The van der Waals surface area contributed by atoms with Gasteiger partial charge in [-0.2, -0.15) is 0 Å². The zero-order valence-electron chi connectivity index (χ0n) is 13.9. The molecule has 0 aromatic heterocycles. The number of ether oxygens (including phenoxy) is 7. The van der Waals surface area contributed by atoms with Gasteiger partial charge in [-0.3, -0.25) is 4.79 Å². The fourth-order valence-electron chi connectivity index (χ4n) is 2.61. The lowest BCUT2D eigenvalue weighted by Gasteiger charge is -2.46. The molecule has 0 aromatic carbocycles. The highest BCUT2D eigenvalue weighted by Gasteiger charge is 2.50. The van der Waals surface area contributed by atoms with E-state index in [0.717, 1.165) is 0 Å². The van der Waals surface area contributed by atoms with Gasteiger partial charge in [0.05, 0.1) is 0 Å². The zero-order chi connectivity index (χ0) is 16.7. The zero-order valence-corrected chi connectivity index (χ0v) is 13.9. The monoisotopic (exact) mass is 322 g/mol. The lowest BCUT2D eigenvalue weighted by atomic mass is 9.94. The minimum atomic E-state index is -0.652. The lowest BCUT2D eigenvalue weighted by Crippen LogP contribution is -2.63. The SMILES string of the molecule is CO[C@@H]1O[C@H]([C@@H](COC(C)=O)OC)[C@@H](OC)[C@H](OC)[C@H]1OC. The molecule has 0 amide bonds. The minimum absolute atomic E-state index is 0.0425. The molecule has 0 unspecified atom stereocenters. The number of rotatable bonds is 8. The Morgan fingerprint density at radius 2 is 1.55 bits per heavy atom. The molecule has 1 aliphatic rings. The van der Waals surface area contributed by atoms with E-state index in [1.807, 2.05) is 0 Å². The van der Waals surface area contributed by atoms with Crippen LogP contribution in [0.5, 0.6) is 0 Å². The Hall–Kier alpha value is -0.770. The minimum Gasteiger partial charge on any atom is -0.463 e. The second-order valence-electron chi connectivity index (χ2n) is 4.88. The van der Waals surface area contributed by atoms with Crippen molar-refractivity contribution in [2.45, 2.75) is 43.7 Å². The van der Waals surface area contributed by atoms with E-state index in [9.17, 15) is 4.79 Å². The highest BCUT2D eigenvalue weighted by atomic mass is 16.7. The van der Waals surface area contributed by atoms with E-state index in [2.05, 4.69) is 0 Å². The van der Waals surface area contributed by atoms with Crippen LogP contribution in [0.25, 0.3) is 0 Å². The third-order valence-corrected chi connectivity index (χ3v) is 3.70. The molecule has 0 saturated carbocycles. The standard InChI is InChI=1S/C14H26O8/c1-8(15)21-7-9(16-2)10-11(17-3)12(18-4)13(19-5)14(20-6)22-10/h9-14H,7H2,1-6H3/t9-,10-,11-,12+,13-,14-/m1/s1. The van der Waals surface area contributed by atoms with Crippen LogP contribution in [0.2, 0.25) is 0 Å². The smallest absolute Gasteiger partial charge is 0.302 e. The van der Waals surface area contributed by atoms with Crippen LogP contribution < -0.4 is 0 Å². The number of carbonyl (C=O) groups excluding carboxylic acids is 1. The number of carbonyl (C=O) groups is 1. The highest BCUT2D eigenvalue weighted by molar-refractivity contribution is 5.65. The maximum atomic E-state index is 11.0. The molecular weight excluding hydrogens is 296 g/mol. The van der Waals surface area contributed by atoms with Crippen molar-refractivity contribution in [1.29, 1.82) is 0 Å². The number of hydrogen-bond donors (Lipinski definition) is 0. The van der Waals surface area contributed by atoms with Gasteiger partial charge < -0.3 is 33.2 Å². The summed E-state index contributed by atoms with van der Waals surface area (Å²) >= 11 is 0. The van der Waals surface area contributed by atoms with Crippen molar-refractivity contribution in [3.8, 4) is 0 Å². The van der Waals surface area contributed by atoms with Crippen LogP contribution in [0.1, 0.15) is 6.92 Å². The van der Waals surface area contributed by atoms with Crippen molar-refractivity contribution in [2.24, 2.45) is 0 Å². The molecule has 1 saturated heterocycles. The first-order valence-corrected chi connectivity index (χ1v) is 6.96. The van der Waals surface area contributed by atoms with Crippen LogP contribution in [-0.4, -0.2) is 84.9 Å². The fourth-order valence-corrected chi connectivity index (χ4v) is 2.61. The molecule has 1 aliphatic heterocycles. The molecule has 0 radical (unpaired) electrons. The summed E-state index contributed by atoms with van der Waals surface area (Å²) in [5, 5.41) is 0. The van der Waals surface area contributed by atoms with Crippen molar-refractivity contribution >= 4 is 5.97 Å². The van der Waals surface area contributed by atoms with Crippen LogP contribution in [-0.2, 0) is 38.0 Å². The summed E-state index contributed by atoms with van der Waals surface area (Å²) in [6.45, 7) is 1.37. The Kier molecular flexibility index (Phi) is 8.23. The Morgan fingerprint density at radius 3 is 1.95 bits per heavy atom. The first-order valence-electron chi connectivity index (χ1n) is 6.96. The molecule has 6 atom stereocenters. The van der Waals surface area contributed by atoms with Crippen LogP contribution in [0.3, 0.4) is 0 Å². The average molecular weight is 322 g/mol. The summed E-state index contributed by atoms with van der Waals surface area (Å²) < 4.78 is 38.1. The maximum Gasteiger partial charge on any atom is 0.302 e. The van der Waals surface area contributed by atoms with Crippen LogP contribution >= 0.6 is 0 Å². The van der Waals surface area contributed by atoms with Crippen molar-refractivity contribution in [3.05, 3.63) is 0 Å². The maximum absolute atomic E-state index is 11.0. The van der Waals surface area contributed by atoms with Gasteiger partial charge >= 0.3 is 5.97 Å². The lowest BCUT2D eigenvalue weighted by molar-refractivity contribution is -0.318. The summed E-state index contributed by atoms with van der Waals surface area (Å²) in [4.78, 5) is 11.0. The molecular formula is C14H26O8. The number of esters is 1. The largest absolute Gasteiger partial charge is 0.463 e. The molecule has 130 valence electrons. The first kappa shape index (κ1) is 19.3. The highest BCUT2D eigenvalue weighted by Crippen LogP contribution is 2.30. The van der Waals surface area contributed by atoms with E-state index >= 15 is 0 Å². The molecule has 1 fully saturated rings. The Bertz CT molecular complexity index is 337. The van der Waals surface area contributed by atoms with Gasteiger partial charge in [-0.25, -0.2) is 0 Å². The topological polar surface area (TPSA) is 81.7 Å². The second-order valence-corrected chi connectivity index (χ2v) is 4.88. The molecule has 0 spiro atoms. The van der Waals surface area contributed by atoms with Crippen LogP contribution in [0.4, 0.5) is 0 Å². The predicted molar refractivity (Wildman–Crippen MR) is 75.5 cm³/mol. The Balaban J connectivity index is 2.96. The molecule has 8 nitrogen and oxygen atoms in total. The number of hydrogen-bond acceptors (Lipinski definition) is 8. The molecule has 8 heteroatoms. The van der Waals surface area contributed by atoms with Gasteiger partial charge in [0, 0.05) is 42.5 Å². The molecule has 0 N–H and O–H groups in total. The van der Waals surface area contributed by atoms with Gasteiger partial charge in [0.15, 0.2) is 6.29 Å². The van der Waals surface area contributed by atoms with E-state index in [1.54, 1.807) is 21.3 Å². The van der Waals surface area contributed by atoms with E-state index in [-0.39, 0.29) is 6.61 Å². The van der Waals surface area contributed by atoms with Crippen molar-refractivity contribution in [1.82, 2.24) is 0 Å². The Labute approximate surface area is 130 Å². The van der Waals surface area contributed by atoms with Crippen LogP contribution in [0.15, 0.2) is 0 Å². The summed E-state index contributed by atoms with van der Waals surface area (Å²) in [6.07, 6.45) is -3.07. The third kappa shape index (κ3) is 4.37. The van der Waals surface area contributed by atoms with Gasteiger partial charge in [0.2, 0.25) is 0 Å². The van der Waals surface area contributed by atoms with E-state index in [0.29, 0.717) is 0 Å². The molecule has 0 aliphatic carbocycles. The first-order chi connectivity index (χ1) is 10.5. The molecule has 0 aromatic rings. The normalized spacial score (nSPS) is 33.5. The summed E-state index contributed by atoms with van der Waals surface area (Å²) in [7, 11) is 7.68. The van der Waals surface area contributed by atoms with Gasteiger partial charge in [-0.1, -0.05) is 0 Å². The molecule has 22 heavy (non-hydrogen) atoms. The Morgan fingerprint density at radius 1 is 0.955 bits per heavy atom. The van der Waals surface area contributed by atoms with Crippen molar-refractivity contribution in [2.75, 3.05) is 42.2 Å². The quantitative estimate of drug-likeness (QED) is 0.577. The molecule has 0 bridgehead atoms. The van der Waals surface area contributed by atoms with E-state index < -0.39 is 42.8 Å². The van der Waals surface area contributed by atoms with Gasteiger partial charge in [-0.05, 0) is 0 Å². The summed E-state index contributed by atoms with van der Waals surface area (Å²) in [5.74, 6) is -0.395.